The fourth-order valence-electron chi connectivity index (χ4n) is 1.89. The van der Waals surface area contributed by atoms with Crippen LogP contribution in [0, 0.1) is 0 Å². The van der Waals surface area contributed by atoms with Gasteiger partial charge in [0.05, 0.1) is 10.2 Å². The molecular formula is C12H7BrN6S2. The lowest BCUT2D eigenvalue weighted by Gasteiger charge is -1.90. The van der Waals surface area contributed by atoms with Crippen LogP contribution in [0.4, 0.5) is 5.82 Å². The minimum atomic E-state index is 0.395. The number of anilines is 1. The third-order valence-corrected chi connectivity index (χ3v) is 5.80. The summed E-state index contributed by atoms with van der Waals surface area (Å²) in [6, 6.07) is 5.97. The number of nitrogens with two attached hydrogens (primary N) is 1. The highest BCUT2D eigenvalue weighted by atomic mass is 79.9. The number of hydrogen-bond acceptors (Lipinski definition) is 7. The third kappa shape index (κ3) is 2.27. The highest BCUT2D eigenvalue weighted by Gasteiger charge is 2.12. The maximum absolute atomic E-state index is 5.79. The maximum atomic E-state index is 5.79. The van der Waals surface area contributed by atoms with Gasteiger partial charge in [0.1, 0.15) is 11.8 Å². The van der Waals surface area contributed by atoms with Gasteiger partial charge in [0.25, 0.3) is 0 Å². The molecule has 0 spiro atoms. The zero-order chi connectivity index (χ0) is 14.4. The van der Waals surface area contributed by atoms with Gasteiger partial charge in [-0.2, -0.15) is 0 Å². The Hall–Kier alpha value is -1.71. The van der Waals surface area contributed by atoms with Crippen LogP contribution < -0.4 is 5.73 Å². The largest absolute Gasteiger partial charge is 0.382 e. The summed E-state index contributed by atoms with van der Waals surface area (Å²) in [4.78, 5) is 20.1. The number of imidazole rings is 1. The molecule has 4 rings (SSSR count). The summed E-state index contributed by atoms with van der Waals surface area (Å²) >= 11 is 6.60. The van der Waals surface area contributed by atoms with Crippen molar-refractivity contribution >= 4 is 66.2 Å². The van der Waals surface area contributed by atoms with Gasteiger partial charge in [0.2, 0.25) is 0 Å². The Morgan fingerprint density at radius 3 is 2.95 bits per heavy atom. The number of fused-ring (bicyclic) bond motifs is 2. The lowest BCUT2D eigenvalue weighted by Crippen LogP contribution is -1.91. The molecule has 104 valence electrons. The number of nitrogen functional groups attached to an aromatic ring is 1. The minimum Gasteiger partial charge on any atom is -0.382 e. The molecular weight excluding hydrogens is 372 g/mol. The number of hydrogen-bond donors (Lipinski definition) is 2. The highest BCUT2D eigenvalue weighted by Crippen LogP contribution is 2.36. The lowest BCUT2D eigenvalue weighted by atomic mass is 10.3. The molecule has 0 unspecified atom stereocenters. The van der Waals surface area contributed by atoms with Crippen molar-refractivity contribution in [2.45, 2.75) is 9.50 Å². The van der Waals surface area contributed by atoms with Crippen molar-refractivity contribution in [3.63, 3.8) is 0 Å². The fraction of sp³-hybridized carbons (Fsp3) is 0. The van der Waals surface area contributed by atoms with E-state index in [1.54, 1.807) is 11.3 Å². The van der Waals surface area contributed by atoms with Gasteiger partial charge < -0.3 is 10.7 Å². The standard InChI is InChI=1S/C12H7BrN6S2/c13-5-2-1-3-6-8(5)20-12(17-6)21-11-18-7-9(14)15-4-16-10(7)19-11/h1-4H,(H3,14,15,16,18,19). The van der Waals surface area contributed by atoms with Crippen molar-refractivity contribution in [1.29, 1.82) is 0 Å². The summed E-state index contributed by atoms with van der Waals surface area (Å²) in [6.07, 6.45) is 1.40. The topological polar surface area (TPSA) is 93.4 Å². The van der Waals surface area contributed by atoms with E-state index >= 15 is 0 Å². The van der Waals surface area contributed by atoms with E-state index in [2.05, 4.69) is 40.8 Å². The molecule has 6 nitrogen and oxygen atoms in total. The van der Waals surface area contributed by atoms with Crippen LogP contribution in [0.15, 0.2) is 38.5 Å². The van der Waals surface area contributed by atoms with E-state index in [4.69, 9.17) is 5.73 Å². The molecule has 4 aromatic rings. The van der Waals surface area contributed by atoms with E-state index in [0.717, 1.165) is 19.0 Å². The van der Waals surface area contributed by atoms with Gasteiger partial charge in [-0.25, -0.2) is 19.9 Å². The second kappa shape index (κ2) is 4.93. The number of aromatic amines is 1. The average molecular weight is 379 g/mol. The van der Waals surface area contributed by atoms with Gasteiger partial charge in [-0.3, -0.25) is 0 Å². The van der Waals surface area contributed by atoms with Crippen LogP contribution in [0.2, 0.25) is 0 Å². The molecule has 0 radical (unpaired) electrons. The van der Waals surface area contributed by atoms with E-state index in [-0.39, 0.29) is 0 Å². The molecule has 0 aliphatic carbocycles. The fourth-order valence-corrected chi connectivity index (χ4v) is 4.44. The molecule has 0 saturated carbocycles. The van der Waals surface area contributed by atoms with Crippen molar-refractivity contribution in [1.82, 2.24) is 24.9 Å². The number of nitrogens with zero attached hydrogens (tertiary/aromatic N) is 4. The van der Waals surface area contributed by atoms with Crippen LogP contribution in [0.25, 0.3) is 21.4 Å². The van der Waals surface area contributed by atoms with Gasteiger partial charge in [0, 0.05) is 4.47 Å². The Balaban J connectivity index is 1.75. The van der Waals surface area contributed by atoms with Crippen molar-refractivity contribution in [2.24, 2.45) is 0 Å². The highest BCUT2D eigenvalue weighted by molar-refractivity contribution is 9.10. The van der Waals surface area contributed by atoms with Crippen molar-refractivity contribution in [3.8, 4) is 0 Å². The Labute approximate surface area is 135 Å². The van der Waals surface area contributed by atoms with Crippen LogP contribution >= 0.6 is 39.0 Å². The number of rotatable bonds is 2. The minimum absolute atomic E-state index is 0.395. The molecule has 0 amide bonds. The van der Waals surface area contributed by atoms with E-state index in [1.165, 1.54) is 18.1 Å². The molecule has 0 aliphatic heterocycles. The van der Waals surface area contributed by atoms with Crippen molar-refractivity contribution in [3.05, 3.63) is 29.0 Å². The number of thiazole rings is 1. The molecule has 0 atom stereocenters. The summed E-state index contributed by atoms with van der Waals surface area (Å²) in [5.41, 5.74) is 7.98. The SMILES string of the molecule is Nc1ncnc2nc(Sc3nc4cccc(Br)c4s3)[nH]c12. The molecule has 3 N–H and O–H groups in total. The molecule has 0 saturated heterocycles. The average Bonchev–Trinajstić information content (AvgIpc) is 3.04. The van der Waals surface area contributed by atoms with Crippen LogP contribution in [-0.4, -0.2) is 24.9 Å². The van der Waals surface area contributed by atoms with Crippen LogP contribution in [0.1, 0.15) is 0 Å². The molecule has 0 aliphatic rings. The first kappa shape index (κ1) is 13.0. The lowest BCUT2D eigenvalue weighted by molar-refractivity contribution is 1.07. The third-order valence-electron chi connectivity index (χ3n) is 2.83. The predicted octanol–water partition coefficient (Wildman–Crippen LogP) is 3.46. The van der Waals surface area contributed by atoms with E-state index in [0.29, 0.717) is 22.1 Å². The second-order valence-corrected chi connectivity index (χ2v) is 7.26. The maximum Gasteiger partial charge on any atom is 0.183 e. The summed E-state index contributed by atoms with van der Waals surface area (Å²) < 4.78 is 3.07. The van der Waals surface area contributed by atoms with E-state index in [9.17, 15) is 0 Å². The predicted molar refractivity (Wildman–Crippen MR) is 87.5 cm³/mol. The van der Waals surface area contributed by atoms with Gasteiger partial charge in [0.15, 0.2) is 21.0 Å². The van der Waals surface area contributed by atoms with Crippen LogP contribution in [-0.2, 0) is 0 Å². The smallest absolute Gasteiger partial charge is 0.183 e. The summed E-state index contributed by atoms with van der Waals surface area (Å²) in [7, 11) is 0. The number of benzene rings is 1. The molecule has 21 heavy (non-hydrogen) atoms. The Bertz CT molecular complexity index is 885. The normalized spacial score (nSPS) is 11.5. The van der Waals surface area contributed by atoms with Gasteiger partial charge in [-0.05, 0) is 39.8 Å². The second-order valence-electron chi connectivity index (χ2n) is 4.17. The number of aromatic nitrogens is 5. The first-order chi connectivity index (χ1) is 10.2. The molecule has 3 heterocycles. The Kier molecular flexibility index (Phi) is 3.05. The summed E-state index contributed by atoms with van der Waals surface area (Å²) in [5.74, 6) is 0.395. The Morgan fingerprint density at radius 1 is 1.24 bits per heavy atom. The molecule has 0 fully saturated rings. The number of H-pyrrole nitrogens is 1. The van der Waals surface area contributed by atoms with E-state index < -0.39 is 0 Å². The zero-order valence-electron chi connectivity index (χ0n) is 10.4. The molecule has 1 aromatic carbocycles. The van der Waals surface area contributed by atoms with Gasteiger partial charge in [-0.1, -0.05) is 6.07 Å². The zero-order valence-corrected chi connectivity index (χ0v) is 13.6. The summed E-state index contributed by atoms with van der Waals surface area (Å²) in [6.45, 7) is 0. The van der Waals surface area contributed by atoms with E-state index in [1.807, 2.05) is 18.2 Å². The first-order valence-corrected chi connectivity index (χ1v) is 8.32. The molecule has 0 bridgehead atoms. The summed E-state index contributed by atoms with van der Waals surface area (Å²) in [5, 5.41) is 0.701. The van der Waals surface area contributed by atoms with Gasteiger partial charge >= 0.3 is 0 Å². The molecule has 9 heteroatoms. The van der Waals surface area contributed by atoms with Crippen molar-refractivity contribution < 1.29 is 0 Å². The molecule has 3 aromatic heterocycles. The van der Waals surface area contributed by atoms with Gasteiger partial charge in [-0.15, -0.1) is 11.3 Å². The first-order valence-electron chi connectivity index (χ1n) is 5.90. The van der Waals surface area contributed by atoms with Crippen molar-refractivity contribution in [2.75, 3.05) is 5.73 Å². The quantitative estimate of drug-likeness (QED) is 0.554. The van der Waals surface area contributed by atoms with Crippen LogP contribution in [0.3, 0.4) is 0 Å². The number of halogens is 1. The number of nitrogens with one attached hydrogen (secondary N) is 1. The monoisotopic (exact) mass is 378 g/mol. The Morgan fingerprint density at radius 2 is 2.14 bits per heavy atom. The van der Waals surface area contributed by atoms with Crippen LogP contribution in [0.5, 0.6) is 0 Å².